The summed E-state index contributed by atoms with van der Waals surface area (Å²) in [6, 6.07) is 11.8. The third-order valence-electron chi connectivity index (χ3n) is 6.58. The van der Waals surface area contributed by atoms with Gasteiger partial charge in [-0.1, -0.05) is 30.3 Å². The van der Waals surface area contributed by atoms with Crippen molar-refractivity contribution in [3.63, 3.8) is 0 Å². The third-order valence-corrected chi connectivity index (χ3v) is 6.58. The second kappa shape index (κ2) is 9.18. The van der Waals surface area contributed by atoms with E-state index in [4.69, 9.17) is 10.5 Å². The number of hydrogen-bond donors (Lipinski definition) is 2. The van der Waals surface area contributed by atoms with Gasteiger partial charge in [0.15, 0.2) is 0 Å². The molecule has 174 valence electrons. The lowest BCUT2D eigenvalue weighted by Gasteiger charge is -2.36. The number of hydrazone groups is 1. The Morgan fingerprint density at radius 3 is 2.38 bits per heavy atom. The van der Waals surface area contributed by atoms with Crippen LogP contribution in [0.25, 0.3) is 11.1 Å². The number of benzene rings is 1. The van der Waals surface area contributed by atoms with E-state index in [0.29, 0.717) is 31.9 Å². The van der Waals surface area contributed by atoms with Gasteiger partial charge >= 0.3 is 0 Å². The zero-order chi connectivity index (χ0) is 23.5. The van der Waals surface area contributed by atoms with Gasteiger partial charge in [0.1, 0.15) is 5.82 Å². The molecule has 3 aromatic rings. The molecule has 0 aliphatic carbocycles. The Hall–Kier alpha value is -3.85. The average molecular weight is 458 g/mol. The molecule has 2 aliphatic rings. The third kappa shape index (κ3) is 4.34. The Kier molecular flexibility index (Phi) is 5.93. The second-order valence-corrected chi connectivity index (χ2v) is 8.74. The molecular formula is C25H27N7O2. The molecule has 34 heavy (non-hydrogen) atoms. The highest BCUT2D eigenvalue weighted by atomic mass is 16.5. The molecule has 2 aliphatic heterocycles. The first-order valence-corrected chi connectivity index (χ1v) is 11.3. The van der Waals surface area contributed by atoms with Crippen molar-refractivity contribution in [2.45, 2.75) is 24.2 Å². The first-order chi connectivity index (χ1) is 16.5. The fourth-order valence-corrected chi connectivity index (χ4v) is 4.53. The molecule has 9 heteroatoms. The number of nitrogens with two attached hydrogens (primary N) is 1. The van der Waals surface area contributed by atoms with Crippen molar-refractivity contribution < 1.29 is 9.53 Å². The van der Waals surface area contributed by atoms with E-state index in [0.717, 1.165) is 28.8 Å². The minimum Gasteiger partial charge on any atom is -0.381 e. The Labute approximate surface area is 198 Å². The number of carbonyl (C=O) groups is 1. The van der Waals surface area contributed by atoms with E-state index in [1.54, 1.807) is 12.4 Å². The number of likely N-dealkylation sites (N-methyl/N-ethyl adjacent to an activating group) is 1. The van der Waals surface area contributed by atoms with Crippen LogP contribution in [0.15, 0.2) is 60.1 Å². The highest BCUT2D eigenvalue weighted by Crippen LogP contribution is 2.37. The lowest BCUT2D eigenvalue weighted by atomic mass is 9.73. The van der Waals surface area contributed by atoms with Gasteiger partial charge in [0, 0.05) is 63.1 Å². The molecule has 0 spiro atoms. The normalized spacial score (nSPS) is 19.2. The predicted molar refractivity (Wildman–Crippen MR) is 130 cm³/mol. The predicted octanol–water partition coefficient (Wildman–Crippen LogP) is 2.82. The maximum absolute atomic E-state index is 13.6. The quantitative estimate of drug-likeness (QED) is 0.605. The van der Waals surface area contributed by atoms with Crippen molar-refractivity contribution in [1.29, 1.82) is 0 Å². The van der Waals surface area contributed by atoms with Gasteiger partial charge in [-0.2, -0.15) is 5.10 Å². The van der Waals surface area contributed by atoms with Crippen molar-refractivity contribution in [2.24, 2.45) is 5.10 Å². The van der Waals surface area contributed by atoms with Crippen LogP contribution in [0.2, 0.25) is 0 Å². The summed E-state index contributed by atoms with van der Waals surface area (Å²) in [6.45, 7) is 1.89. The van der Waals surface area contributed by atoms with Gasteiger partial charge in [-0.3, -0.25) is 9.80 Å². The highest BCUT2D eigenvalue weighted by Gasteiger charge is 2.42. The van der Waals surface area contributed by atoms with E-state index < -0.39 is 5.41 Å². The number of nitrogens with one attached hydrogen (secondary N) is 1. The van der Waals surface area contributed by atoms with Crippen LogP contribution in [0, 0.1) is 0 Å². The van der Waals surface area contributed by atoms with E-state index in [9.17, 15) is 4.79 Å². The molecule has 0 saturated carbocycles. The van der Waals surface area contributed by atoms with Crippen molar-refractivity contribution in [1.82, 2.24) is 20.0 Å². The molecule has 2 aromatic heterocycles. The molecule has 0 radical (unpaired) electrons. The van der Waals surface area contributed by atoms with Crippen LogP contribution in [-0.2, 0) is 14.9 Å². The number of nitrogens with zero attached hydrogens (tertiary/aromatic N) is 5. The number of ether oxygens (including phenoxy) is 1. The van der Waals surface area contributed by atoms with Crippen molar-refractivity contribution in [2.75, 3.05) is 37.9 Å². The number of amides is 1. The summed E-state index contributed by atoms with van der Waals surface area (Å²) in [5.74, 6) is 0.929. The van der Waals surface area contributed by atoms with Crippen LogP contribution < -0.4 is 11.1 Å². The number of carbonyl (C=O) groups excluding carboxylic acids is 1. The molecule has 1 unspecified atom stereocenters. The number of aromatic nitrogens is 3. The van der Waals surface area contributed by atoms with E-state index in [-0.39, 0.29) is 17.8 Å². The first kappa shape index (κ1) is 22.0. The molecule has 1 fully saturated rings. The van der Waals surface area contributed by atoms with E-state index >= 15 is 0 Å². The van der Waals surface area contributed by atoms with Gasteiger partial charge in [-0.25, -0.2) is 15.0 Å². The maximum atomic E-state index is 13.6. The Balaban J connectivity index is 1.36. The minimum absolute atomic E-state index is 0.0678. The smallest absolute Gasteiger partial charge is 0.236 e. The van der Waals surface area contributed by atoms with Gasteiger partial charge in [0.2, 0.25) is 11.9 Å². The molecule has 1 saturated heterocycles. The second-order valence-electron chi connectivity index (χ2n) is 8.74. The number of rotatable bonds is 5. The molecule has 4 heterocycles. The van der Waals surface area contributed by atoms with Crippen LogP contribution in [0.1, 0.15) is 29.9 Å². The molecule has 1 atom stereocenters. The van der Waals surface area contributed by atoms with Crippen LogP contribution in [-0.4, -0.2) is 58.9 Å². The van der Waals surface area contributed by atoms with Crippen LogP contribution in [0.4, 0.5) is 11.8 Å². The van der Waals surface area contributed by atoms with Crippen LogP contribution >= 0.6 is 0 Å². The van der Waals surface area contributed by atoms with Crippen molar-refractivity contribution in [3.8, 4) is 11.1 Å². The highest BCUT2D eigenvalue weighted by molar-refractivity contribution is 5.98. The molecule has 1 amide bonds. The topological polar surface area (TPSA) is 119 Å². The van der Waals surface area contributed by atoms with Gasteiger partial charge in [0.25, 0.3) is 0 Å². The molecule has 1 aromatic carbocycles. The van der Waals surface area contributed by atoms with Gasteiger partial charge < -0.3 is 15.8 Å². The maximum Gasteiger partial charge on any atom is 0.236 e. The zero-order valence-corrected chi connectivity index (χ0v) is 19.0. The van der Waals surface area contributed by atoms with Crippen molar-refractivity contribution >= 4 is 23.9 Å². The zero-order valence-electron chi connectivity index (χ0n) is 19.0. The van der Waals surface area contributed by atoms with E-state index in [1.807, 2.05) is 60.9 Å². The Morgan fingerprint density at radius 2 is 1.76 bits per heavy atom. The molecule has 5 rings (SSSR count). The first-order valence-electron chi connectivity index (χ1n) is 11.3. The number of pyridine rings is 1. The fraction of sp³-hybridized carbons (Fsp3) is 0.320. The molecule has 9 nitrogen and oxygen atoms in total. The lowest BCUT2D eigenvalue weighted by Crippen LogP contribution is -2.45. The molecule has 3 N–H and O–H groups in total. The Bertz CT molecular complexity index is 1170. The SMILES string of the molecule is CN1CC(c2ccc(NC(=O)C3(c4ccc(-c5cnc(N)nc5)cc4)CCOCC3)nc2)C=N1. The average Bonchev–Trinajstić information content (AvgIpc) is 3.32. The summed E-state index contributed by atoms with van der Waals surface area (Å²) in [7, 11) is 1.95. The summed E-state index contributed by atoms with van der Waals surface area (Å²) < 4.78 is 5.59. The van der Waals surface area contributed by atoms with Gasteiger partial charge in [-0.15, -0.1) is 0 Å². The van der Waals surface area contributed by atoms with Crippen LogP contribution in [0.3, 0.4) is 0 Å². The molecular weight excluding hydrogens is 430 g/mol. The van der Waals surface area contributed by atoms with Gasteiger partial charge in [0.05, 0.1) is 5.41 Å². The lowest BCUT2D eigenvalue weighted by molar-refractivity contribution is -0.125. The number of anilines is 2. The van der Waals surface area contributed by atoms with E-state index in [2.05, 4.69) is 25.4 Å². The summed E-state index contributed by atoms with van der Waals surface area (Å²) >= 11 is 0. The van der Waals surface area contributed by atoms with Crippen LogP contribution in [0.5, 0.6) is 0 Å². The fourth-order valence-electron chi connectivity index (χ4n) is 4.53. The molecule has 0 bridgehead atoms. The summed E-state index contributed by atoms with van der Waals surface area (Å²) in [5, 5.41) is 9.23. The summed E-state index contributed by atoms with van der Waals surface area (Å²) in [5.41, 5.74) is 8.77. The largest absolute Gasteiger partial charge is 0.381 e. The van der Waals surface area contributed by atoms with Gasteiger partial charge in [-0.05, 0) is 35.6 Å². The van der Waals surface area contributed by atoms with Crippen molar-refractivity contribution in [3.05, 3.63) is 66.1 Å². The van der Waals surface area contributed by atoms with E-state index in [1.165, 1.54) is 0 Å². The standard InChI is InChI=1S/C25H27N7O2/c1-32-16-20(15-30-32)18-4-7-22(27-12-18)31-23(33)25(8-10-34-11-9-25)21-5-2-17(3-6-21)19-13-28-24(26)29-14-19/h2-7,12-15,20H,8-11,16H2,1H3,(H2,26,28,29)(H,27,31,33). The Morgan fingerprint density at radius 1 is 1.03 bits per heavy atom. The number of nitrogen functional groups attached to an aromatic ring is 1. The monoisotopic (exact) mass is 457 g/mol. The minimum atomic E-state index is -0.685. The summed E-state index contributed by atoms with van der Waals surface area (Å²) in [4.78, 5) is 26.2. The summed E-state index contributed by atoms with van der Waals surface area (Å²) in [6.07, 6.45) is 8.33. The number of hydrogen-bond acceptors (Lipinski definition) is 8.